The molecule has 0 fully saturated rings. The summed E-state index contributed by atoms with van der Waals surface area (Å²) < 4.78 is 28.1. The van der Waals surface area contributed by atoms with E-state index in [2.05, 4.69) is 171 Å². The van der Waals surface area contributed by atoms with Gasteiger partial charge in [-0.15, -0.1) is 0 Å². The third-order valence-corrected chi connectivity index (χ3v) is 30.5. The monoisotopic (exact) mass is 1610 g/mol. The maximum atomic E-state index is 11.7. The van der Waals surface area contributed by atoms with Crippen LogP contribution in [-0.4, -0.2) is 115 Å². The molecule has 0 aliphatic carbocycles. The molecule has 9 aromatic heterocycles. The molecule has 0 bridgehead atoms. The first-order valence-corrected chi connectivity index (χ1v) is 38.2. The molecule has 18 heteroatoms. The molecule has 12 rings (SSSR count). The van der Waals surface area contributed by atoms with Crippen LogP contribution in [0.3, 0.4) is 0 Å². The number of carbonyl (C=O) groups excluding carboxylic acids is 1. The van der Waals surface area contributed by atoms with Gasteiger partial charge >= 0.3 is 514 Å². The average Bonchev–Trinajstić information content (AvgIpc) is 4.36. The van der Waals surface area contributed by atoms with Crippen LogP contribution in [0.5, 0.6) is 17.2 Å². The van der Waals surface area contributed by atoms with Crippen molar-refractivity contribution in [2.75, 3.05) is 7.11 Å². The van der Waals surface area contributed by atoms with Crippen LogP contribution in [0.4, 0.5) is 0 Å². The van der Waals surface area contributed by atoms with Crippen molar-refractivity contribution in [1.82, 2.24) is 0 Å². The van der Waals surface area contributed by atoms with Crippen LogP contribution in [0.25, 0.3) is 93.7 Å². The number of hydrogen-bond donors (Lipinski definition) is 3. The Labute approximate surface area is 522 Å². The zero-order valence-electron chi connectivity index (χ0n) is 41.8. The number of carbonyl (C=O) groups is 1. The van der Waals surface area contributed by atoms with E-state index in [4.69, 9.17) is 4.74 Å². The molecule has 0 saturated carbocycles. The zero-order chi connectivity index (χ0) is 53.6. The van der Waals surface area contributed by atoms with Crippen molar-refractivity contribution in [3.05, 3.63) is 168 Å². The third-order valence-electron chi connectivity index (χ3n) is 12.0. The van der Waals surface area contributed by atoms with Crippen LogP contribution in [0, 0.1) is 2.88 Å². The number of fused-ring (bicyclic) bond motifs is 3. The summed E-state index contributed by atoms with van der Waals surface area (Å²) in [5.74, 6) is 0.729. The van der Waals surface area contributed by atoms with Gasteiger partial charge in [0.05, 0.1) is 0 Å². The molecule has 404 valence electrons. The standard InChI is InChI=1S/C21H17NO3SSe2.C19H14INOSSe2.C19H15NOSSe2.2CH4/c1-3-22-15-12-13(23)4-9-18(15)28-20(22)11-6-14-5-10-19(27-14)16-7-8-17(26-16)21(24)25-2;1-2-21-14-11-12(22)3-7-16(14)25-19(21)10-5-13-4-8-17(24-13)15-6-9-18(20)23-15;1-2-20-15-12-13(21)5-9-17(15)24-19(20)10-7-14-6-8-16(22-14)18-4-3-11-23-18;;/h4-12H,3H2,1-2H3;3-11H,2H2,1H3;3-12H,2H2,1H3;2*1H4/p+3/b11-6+;10-5+;10-7+;;. The Bertz CT molecular complexity index is 4110. The summed E-state index contributed by atoms with van der Waals surface area (Å²) in [7, 11) is 1.41. The second-order valence-corrected chi connectivity index (χ2v) is 35.4. The fourth-order valence-corrected chi connectivity index (χ4v) is 24.9. The normalized spacial score (nSPS) is 11.4. The molecule has 0 spiro atoms. The number of aryl methyl sites for hydroxylation is 3. The predicted molar refractivity (Wildman–Crippen MR) is 350 cm³/mol. The summed E-state index contributed by atoms with van der Waals surface area (Å²) >= 11 is 9.58. The van der Waals surface area contributed by atoms with Gasteiger partial charge in [0, 0.05) is 0 Å². The summed E-state index contributed by atoms with van der Waals surface area (Å²) in [5, 5.41) is 29.3. The van der Waals surface area contributed by atoms with Gasteiger partial charge < -0.3 is 0 Å². The first-order valence-electron chi connectivity index (χ1n) is 24.2. The fourth-order valence-electron chi connectivity index (χ4n) is 8.35. The summed E-state index contributed by atoms with van der Waals surface area (Å²) in [4.78, 5) is 19.8. The van der Waals surface area contributed by atoms with Crippen LogP contribution in [0.15, 0.2) is 132 Å². The van der Waals surface area contributed by atoms with Gasteiger partial charge in [-0.1, -0.05) is 14.9 Å². The van der Waals surface area contributed by atoms with Crippen molar-refractivity contribution in [1.29, 1.82) is 0 Å². The minimum absolute atomic E-state index is 0. The van der Waals surface area contributed by atoms with E-state index in [1.165, 1.54) is 90.1 Å². The summed E-state index contributed by atoms with van der Waals surface area (Å²) in [6, 6.07) is 43.1. The number of halogens is 1. The molecule has 0 saturated heterocycles. The number of ether oxygens (including phenoxy) is 1. The Hall–Kier alpha value is -3.85. The molecule has 3 N–H and O–H groups in total. The summed E-state index contributed by atoms with van der Waals surface area (Å²) in [6.45, 7) is 9.20. The molecule has 0 amide bonds. The number of thiophene rings is 3. The van der Waals surface area contributed by atoms with Gasteiger partial charge in [-0.25, -0.2) is 0 Å². The Morgan fingerprint density at radius 2 is 0.975 bits per heavy atom. The van der Waals surface area contributed by atoms with E-state index in [9.17, 15) is 20.1 Å². The zero-order valence-corrected chi connectivity index (χ0v) is 56.7. The molecule has 79 heavy (non-hydrogen) atoms. The molecule has 0 aliphatic rings. The van der Waals surface area contributed by atoms with Gasteiger partial charge in [0.15, 0.2) is 0 Å². The number of rotatable bonds is 13. The predicted octanol–water partition coefficient (Wildman–Crippen LogP) is 13.3. The van der Waals surface area contributed by atoms with Crippen molar-refractivity contribution in [2.24, 2.45) is 0 Å². The van der Waals surface area contributed by atoms with E-state index in [0.717, 1.165) is 35.5 Å². The molecular weight excluding hydrogens is 1550 g/mol. The second-order valence-electron chi connectivity index (χ2n) is 16.9. The second kappa shape index (κ2) is 28.4. The number of phenolic OH excluding ortho intramolecular Hbond substituents is 3. The van der Waals surface area contributed by atoms with E-state index in [0.29, 0.717) is 80.1 Å². The van der Waals surface area contributed by atoms with Gasteiger partial charge in [-0.05, 0) is 0 Å². The topological polar surface area (TPSA) is 98.6 Å². The maximum absolute atomic E-state index is 11.7. The fraction of sp³-hybridized carbons (Fsp3) is 0.148. The minimum atomic E-state index is -0.277. The van der Waals surface area contributed by atoms with Crippen LogP contribution in [0.1, 0.15) is 72.8 Å². The van der Waals surface area contributed by atoms with Gasteiger partial charge in [-0.2, -0.15) is 0 Å². The summed E-state index contributed by atoms with van der Waals surface area (Å²) in [6.07, 6.45) is 13.5. The summed E-state index contributed by atoms with van der Waals surface area (Å²) in [5.41, 5.74) is 3.45. The van der Waals surface area contributed by atoms with E-state index in [1.54, 1.807) is 18.2 Å². The van der Waals surface area contributed by atoms with Crippen LogP contribution in [0.2, 0.25) is 0 Å². The molecule has 0 unspecified atom stereocenters. The number of esters is 1. The van der Waals surface area contributed by atoms with Gasteiger partial charge in [0.2, 0.25) is 0 Å². The van der Waals surface area contributed by atoms with E-state index in [1.807, 2.05) is 59.1 Å². The van der Waals surface area contributed by atoms with Crippen LogP contribution < -0.4 is 13.7 Å². The Morgan fingerprint density at radius 3 is 1.42 bits per heavy atom. The Balaban J connectivity index is 0.000000155. The van der Waals surface area contributed by atoms with Crippen LogP contribution in [-0.2, 0) is 24.4 Å². The molecule has 0 aliphatic heterocycles. The molecule has 0 radical (unpaired) electrons. The average molecular weight is 1610 g/mol. The van der Waals surface area contributed by atoms with Crippen molar-refractivity contribution in [3.63, 3.8) is 0 Å². The van der Waals surface area contributed by atoms with E-state index in [-0.39, 0.29) is 49.8 Å². The number of nitrogens with zero attached hydrogens (tertiary/aromatic N) is 3. The van der Waals surface area contributed by atoms with E-state index >= 15 is 0 Å². The Morgan fingerprint density at radius 1 is 0.519 bits per heavy atom. The first-order chi connectivity index (χ1) is 37.5. The molecule has 0 atom stereocenters. The number of aromatic hydroxyl groups is 3. The Kier molecular flexibility index (Phi) is 22.0. The molecule has 8 nitrogen and oxygen atoms in total. The van der Waals surface area contributed by atoms with Gasteiger partial charge in [0.25, 0.3) is 0 Å². The van der Waals surface area contributed by atoms with Crippen molar-refractivity contribution < 1.29 is 38.6 Å². The first kappa shape index (κ1) is 61.2. The molecule has 3 aromatic carbocycles. The van der Waals surface area contributed by atoms with Gasteiger partial charge in [0.1, 0.15) is 0 Å². The third kappa shape index (κ3) is 14.7. The number of methoxy groups -OCH3 is 1. The molecule has 12 aromatic rings. The van der Waals surface area contributed by atoms with Crippen LogP contribution >= 0.6 is 56.6 Å². The SMILES string of the molecule is C.C.CC[n+]1c(/C=C/c2ccc(-c3ccc(C(=O)OC)s3)[se]2)[se]c2ccc(O)cc21.CC[n+]1c(/C=C/c2ccc(-c3ccc(I)s3)[se]2)[se]c2ccc(O)cc21.CC[n+]1c(/C=C/c2ccc(-c3ccc[se]3)s2)[se]c2ccc(O)cc21. The number of benzene rings is 3. The van der Waals surface area contributed by atoms with E-state index < -0.39 is 0 Å². The number of hydrogen-bond acceptors (Lipinski definition) is 8. The van der Waals surface area contributed by atoms with Crippen molar-refractivity contribution in [3.8, 4) is 45.2 Å². The van der Waals surface area contributed by atoms with Crippen molar-refractivity contribution in [2.45, 2.75) is 55.3 Å². The number of phenols is 3. The number of aromatic nitrogens is 3. The van der Waals surface area contributed by atoms with Crippen molar-refractivity contribution >= 4 is 215 Å². The van der Waals surface area contributed by atoms with Gasteiger partial charge in [-0.3, -0.25) is 0 Å². The molecule has 9 heterocycles. The quantitative estimate of drug-likeness (QED) is 0.0462. The molecular formula is C61H57IN3O5S3Se6+3.